The number of hydrogen-bond donors (Lipinski definition) is 1. The quantitative estimate of drug-likeness (QED) is 0.365. The number of rotatable bonds is 10. The summed E-state index contributed by atoms with van der Waals surface area (Å²) in [7, 11) is -3.75. The minimum atomic E-state index is -3.75. The van der Waals surface area contributed by atoms with Crippen LogP contribution in [-0.2, 0) is 10.1 Å². The summed E-state index contributed by atoms with van der Waals surface area (Å²) in [6.07, 6.45) is 12.8. The largest absolute Gasteiger partial charge is 0.286 e. The van der Waals surface area contributed by atoms with Crippen molar-refractivity contribution in [2.45, 2.75) is 58.3 Å². The molecule has 0 radical (unpaired) electrons. The average molecular weight is 248 g/mol. The molecule has 0 spiro atoms. The van der Waals surface area contributed by atoms with Crippen molar-refractivity contribution in [3.63, 3.8) is 0 Å². The normalized spacial score (nSPS) is 12.4. The molecule has 0 aromatic carbocycles. The number of allylic oxidation sites excluding steroid dienone is 2. The van der Waals surface area contributed by atoms with Crippen molar-refractivity contribution in [3.05, 3.63) is 12.2 Å². The molecule has 3 nitrogen and oxygen atoms in total. The molecule has 0 amide bonds. The molecule has 1 N–H and O–H groups in total. The van der Waals surface area contributed by atoms with Crippen molar-refractivity contribution < 1.29 is 13.0 Å². The van der Waals surface area contributed by atoms with E-state index >= 15 is 0 Å². The van der Waals surface area contributed by atoms with Crippen LogP contribution >= 0.6 is 0 Å². The van der Waals surface area contributed by atoms with Gasteiger partial charge in [-0.2, -0.15) is 8.42 Å². The highest BCUT2D eigenvalue weighted by Gasteiger charge is 2.02. The molecule has 0 atom stereocenters. The summed E-state index contributed by atoms with van der Waals surface area (Å²) < 4.78 is 29.3. The van der Waals surface area contributed by atoms with Crippen molar-refractivity contribution in [2.75, 3.05) is 5.75 Å². The van der Waals surface area contributed by atoms with Crippen LogP contribution in [0.2, 0.25) is 0 Å². The number of hydrogen-bond acceptors (Lipinski definition) is 2. The van der Waals surface area contributed by atoms with Gasteiger partial charge < -0.3 is 0 Å². The van der Waals surface area contributed by atoms with Crippen LogP contribution in [0, 0.1) is 0 Å². The van der Waals surface area contributed by atoms with Crippen molar-refractivity contribution in [3.8, 4) is 0 Å². The highest BCUT2D eigenvalue weighted by Crippen LogP contribution is 2.04. The Labute approximate surface area is 99.7 Å². The summed E-state index contributed by atoms with van der Waals surface area (Å²) in [5.74, 6) is -0.104. The van der Waals surface area contributed by atoms with E-state index in [1.165, 1.54) is 19.3 Å². The molecule has 0 unspecified atom stereocenters. The van der Waals surface area contributed by atoms with Gasteiger partial charge in [0.25, 0.3) is 10.1 Å². The standard InChI is InChI=1S/C12H24O3S/c1-2-3-4-5-6-7-8-9-10-11-12-16(13,14)15/h6-7H,2-5,8-12H2,1H3,(H,13,14,15)/b7-6+. The Kier molecular flexibility index (Phi) is 9.63. The summed E-state index contributed by atoms with van der Waals surface area (Å²) in [5.41, 5.74) is 0. The zero-order chi connectivity index (χ0) is 12.3. The van der Waals surface area contributed by atoms with Gasteiger partial charge in [-0.25, -0.2) is 0 Å². The molecule has 0 aromatic heterocycles. The second kappa shape index (κ2) is 9.85. The van der Waals surface area contributed by atoms with Crippen LogP contribution in [0.4, 0.5) is 0 Å². The fourth-order valence-corrected chi connectivity index (χ4v) is 2.04. The second-order valence-corrected chi connectivity index (χ2v) is 5.67. The molecular weight excluding hydrogens is 224 g/mol. The molecule has 16 heavy (non-hydrogen) atoms. The zero-order valence-electron chi connectivity index (χ0n) is 10.2. The molecule has 0 aliphatic heterocycles. The first-order valence-corrected chi connectivity index (χ1v) is 7.77. The van der Waals surface area contributed by atoms with Crippen LogP contribution in [-0.4, -0.2) is 18.7 Å². The van der Waals surface area contributed by atoms with Crippen molar-refractivity contribution >= 4 is 10.1 Å². The first-order chi connectivity index (χ1) is 7.56. The van der Waals surface area contributed by atoms with Gasteiger partial charge in [0.2, 0.25) is 0 Å². The van der Waals surface area contributed by atoms with E-state index in [4.69, 9.17) is 4.55 Å². The summed E-state index contributed by atoms with van der Waals surface area (Å²) in [6.45, 7) is 2.19. The third-order valence-electron chi connectivity index (χ3n) is 2.41. The van der Waals surface area contributed by atoms with Crippen LogP contribution in [0.25, 0.3) is 0 Å². The Morgan fingerprint density at radius 2 is 1.50 bits per heavy atom. The minimum absolute atomic E-state index is 0.104. The maximum atomic E-state index is 10.4. The topological polar surface area (TPSA) is 54.4 Å². The lowest BCUT2D eigenvalue weighted by molar-refractivity contribution is 0.479. The molecular formula is C12H24O3S. The molecule has 0 saturated heterocycles. The molecule has 96 valence electrons. The van der Waals surface area contributed by atoms with Gasteiger partial charge in [-0.3, -0.25) is 4.55 Å². The van der Waals surface area contributed by atoms with E-state index in [0.29, 0.717) is 6.42 Å². The van der Waals surface area contributed by atoms with Crippen molar-refractivity contribution in [1.82, 2.24) is 0 Å². The van der Waals surface area contributed by atoms with E-state index in [2.05, 4.69) is 19.1 Å². The molecule has 0 heterocycles. The molecule has 4 heteroatoms. The third-order valence-corrected chi connectivity index (χ3v) is 3.22. The predicted octanol–water partition coefficient (Wildman–Crippen LogP) is 3.57. The lowest BCUT2D eigenvalue weighted by Gasteiger charge is -1.97. The van der Waals surface area contributed by atoms with Gasteiger partial charge in [0, 0.05) is 0 Å². The van der Waals surface area contributed by atoms with E-state index in [1.807, 2.05) is 0 Å². The fraction of sp³-hybridized carbons (Fsp3) is 0.833. The van der Waals surface area contributed by atoms with E-state index in [1.54, 1.807) is 0 Å². The Morgan fingerprint density at radius 1 is 0.938 bits per heavy atom. The predicted molar refractivity (Wildman–Crippen MR) is 68.2 cm³/mol. The van der Waals surface area contributed by atoms with Crippen LogP contribution in [0.3, 0.4) is 0 Å². The molecule has 0 aliphatic rings. The third kappa shape index (κ3) is 13.7. The van der Waals surface area contributed by atoms with Gasteiger partial charge in [-0.15, -0.1) is 0 Å². The Balaban J connectivity index is 3.21. The van der Waals surface area contributed by atoms with Crippen LogP contribution < -0.4 is 0 Å². The molecule has 0 aromatic rings. The first kappa shape index (κ1) is 15.7. The van der Waals surface area contributed by atoms with Crippen LogP contribution in [0.15, 0.2) is 12.2 Å². The van der Waals surface area contributed by atoms with Crippen LogP contribution in [0.5, 0.6) is 0 Å². The van der Waals surface area contributed by atoms with Gasteiger partial charge in [0.05, 0.1) is 5.75 Å². The summed E-state index contributed by atoms with van der Waals surface area (Å²) in [4.78, 5) is 0. The lowest BCUT2D eigenvalue weighted by atomic mass is 10.1. The summed E-state index contributed by atoms with van der Waals surface area (Å²) in [6, 6.07) is 0. The summed E-state index contributed by atoms with van der Waals surface area (Å²) >= 11 is 0. The molecule has 0 saturated carbocycles. The van der Waals surface area contributed by atoms with Gasteiger partial charge in [-0.1, -0.05) is 38.3 Å². The Morgan fingerprint density at radius 3 is 2.00 bits per heavy atom. The van der Waals surface area contributed by atoms with E-state index in [-0.39, 0.29) is 5.75 Å². The zero-order valence-corrected chi connectivity index (χ0v) is 11.0. The molecule has 0 bridgehead atoms. The lowest BCUT2D eigenvalue weighted by Crippen LogP contribution is -2.03. The fourth-order valence-electron chi connectivity index (χ4n) is 1.47. The smallest absolute Gasteiger partial charge is 0.264 e. The monoisotopic (exact) mass is 248 g/mol. The highest BCUT2D eigenvalue weighted by atomic mass is 32.2. The van der Waals surface area contributed by atoms with Crippen molar-refractivity contribution in [1.29, 1.82) is 0 Å². The van der Waals surface area contributed by atoms with E-state index in [9.17, 15) is 8.42 Å². The van der Waals surface area contributed by atoms with E-state index < -0.39 is 10.1 Å². The first-order valence-electron chi connectivity index (χ1n) is 6.16. The second-order valence-electron chi connectivity index (χ2n) is 4.10. The summed E-state index contributed by atoms with van der Waals surface area (Å²) in [5, 5.41) is 0. The highest BCUT2D eigenvalue weighted by molar-refractivity contribution is 7.85. The maximum absolute atomic E-state index is 10.4. The van der Waals surface area contributed by atoms with Crippen LogP contribution in [0.1, 0.15) is 58.3 Å². The SMILES string of the molecule is CCCCC/C=C/CCCCCS(=O)(=O)O. The molecule has 0 rings (SSSR count). The van der Waals surface area contributed by atoms with Gasteiger partial charge in [-0.05, 0) is 32.1 Å². The minimum Gasteiger partial charge on any atom is -0.286 e. The number of unbranched alkanes of at least 4 members (excludes halogenated alkanes) is 6. The van der Waals surface area contributed by atoms with Gasteiger partial charge in [0.15, 0.2) is 0 Å². The van der Waals surface area contributed by atoms with E-state index in [0.717, 1.165) is 25.7 Å². The Hall–Kier alpha value is -0.350. The molecule has 0 fully saturated rings. The van der Waals surface area contributed by atoms with Crippen molar-refractivity contribution in [2.24, 2.45) is 0 Å². The van der Waals surface area contributed by atoms with Gasteiger partial charge >= 0.3 is 0 Å². The average Bonchev–Trinajstić information content (AvgIpc) is 2.19. The molecule has 0 aliphatic carbocycles. The maximum Gasteiger partial charge on any atom is 0.264 e. The Bertz CT molecular complexity index is 268. The van der Waals surface area contributed by atoms with Gasteiger partial charge in [0.1, 0.15) is 0 Å².